The highest BCUT2D eigenvalue weighted by atomic mass is 16.1. The third kappa shape index (κ3) is 5.72. The zero-order valence-electron chi connectivity index (χ0n) is 12.5. The molecule has 0 bridgehead atoms. The first-order valence-electron chi connectivity index (χ1n) is 6.97. The van der Waals surface area contributed by atoms with Crippen molar-refractivity contribution in [3.05, 3.63) is 12.7 Å². The van der Waals surface area contributed by atoms with Crippen molar-refractivity contribution in [1.29, 1.82) is 0 Å². The van der Waals surface area contributed by atoms with E-state index in [1.807, 2.05) is 0 Å². The van der Waals surface area contributed by atoms with Crippen molar-refractivity contribution in [3.8, 4) is 0 Å². The Morgan fingerprint density at radius 3 is 2.53 bits per heavy atom. The first kappa shape index (κ1) is 16.1. The number of rotatable bonds is 7. The molecule has 2 N–H and O–H groups in total. The van der Waals surface area contributed by atoms with E-state index in [0.29, 0.717) is 19.6 Å². The van der Waals surface area contributed by atoms with E-state index in [9.17, 15) is 4.79 Å². The molecule has 0 atom stereocenters. The van der Waals surface area contributed by atoms with Crippen molar-refractivity contribution in [1.82, 2.24) is 20.4 Å². The van der Waals surface area contributed by atoms with Gasteiger partial charge < -0.3 is 15.5 Å². The Bertz CT molecular complexity index is 296. The molecule has 1 aliphatic heterocycles. The molecule has 1 fully saturated rings. The van der Waals surface area contributed by atoms with Gasteiger partial charge in [0.05, 0.1) is 6.54 Å². The number of nitrogens with zero attached hydrogens (tertiary/aromatic N) is 2. The molecule has 1 aliphatic rings. The molecule has 0 unspecified atom stereocenters. The van der Waals surface area contributed by atoms with Gasteiger partial charge in [-0.15, -0.1) is 6.58 Å². The molecule has 0 saturated carbocycles. The van der Waals surface area contributed by atoms with Crippen LogP contribution >= 0.6 is 0 Å². The van der Waals surface area contributed by atoms with Crippen LogP contribution in [0.5, 0.6) is 0 Å². The summed E-state index contributed by atoms with van der Waals surface area (Å²) in [6.45, 7) is 14.0. The molecule has 1 amide bonds. The largest absolute Gasteiger partial charge is 0.353 e. The van der Waals surface area contributed by atoms with Gasteiger partial charge in [-0.2, -0.15) is 0 Å². The average Bonchev–Trinajstić information content (AvgIpc) is 2.37. The van der Waals surface area contributed by atoms with Gasteiger partial charge in [0, 0.05) is 44.8 Å². The standard InChI is InChI=1S/C14H28N4O/c1-5-6-15-11-13(19)16-12-14(2,3)18-9-7-17(4)8-10-18/h5,15H,1,6-12H2,2-4H3,(H,16,19). The molecule has 0 aliphatic carbocycles. The molecular weight excluding hydrogens is 240 g/mol. The highest BCUT2D eigenvalue weighted by Gasteiger charge is 2.29. The lowest BCUT2D eigenvalue weighted by Gasteiger charge is -2.43. The Labute approximate surface area is 117 Å². The number of carbonyl (C=O) groups is 1. The molecule has 0 aromatic carbocycles. The number of hydrogen-bond acceptors (Lipinski definition) is 4. The van der Waals surface area contributed by atoms with Crippen LogP contribution in [0.1, 0.15) is 13.8 Å². The lowest BCUT2D eigenvalue weighted by atomic mass is 10.0. The quantitative estimate of drug-likeness (QED) is 0.500. The monoisotopic (exact) mass is 268 g/mol. The summed E-state index contributed by atoms with van der Waals surface area (Å²) in [5, 5.41) is 6.01. The van der Waals surface area contributed by atoms with Gasteiger partial charge in [-0.1, -0.05) is 6.08 Å². The number of amides is 1. The number of carbonyl (C=O) groups excluding carboxylic acids is 1. The smallest absolute Gasteiger partial charge is 0.234 e. The van der Waals surface area contributed by atoms with Crippen LogP contribution in [0.2, 0.25) is 0 Å². The molecule has 0 radical (unpaired) electrons. The van der Waals surface area contributed by atoms with E-state index in [4.69, 9.17) is 0 Å². The van der Waals surface area contributed by atoms with Crippen LogP contribution in [-0.2, 0) is 4.79 Å². The number of hydrogen-bond donors (Lipinski definition) is 2. The second-order valence-electron chi connectivity index (χ2n) is 5.80. The van der Waals surface area contributed by atoms with Crippen LogP contribution in [-0.4, -0.2) is 74.1 Å². The third-order valence-corrected chi connectivity index (χ3v) is 3.65. The maximum absolute atomic E-state index is 11.7. The predicted octanol–water partition coefficient (Wildman–Crippen LogP) is -0.0958. The van der Waals surface area contributed by atoms with Gasteiger partial charge in [0.25, 0.3) is 0 Å². The second-order valence-corrected chi connectivity index (χ2v) is 5.80. The SMILES string of the molecule is C=CCNCC(=O)NCC(C)(C)N1CCN(C)CC1. The van der Waals surface area contributed by atoms with Gasteiger partial charge in [-0.05, 0) is 20.9 Å². The lowest BCUT2D eigenvalue weighted by molar-refractivity contribution is -0.120. The minimum Gasteiger partial charge on any atom is -0.353 e. The fourth-order valence-corrected chi connectivity index (χ4v) is 2.19. The first-order chi connectivity index (χ1) is 8.95. The minimum atomic E-state index is 0.00928. The molecule has 1 rings (SSSR count). The molecule has 19 heavy (non-hydrogen) atoms. The summed E-state index contributed by atoms with van der Waals surface area (Å²) in [5.74, 6) is 0.0454. The summed E-state index contributed by atoms with van der Waals surface area (Å²) in [6, 6.07) is 0. The van der Waals surface area contributed by atoms with Crippen LogP contribution < -0.4 is 10.6 Å². The molecule has 5 heteroatoms. The van der Waals surface area contributed by atoms with Crippen LogP contribution in [0.4, 0.5) is 0 Å². The van der Waals surface area contributed by atoms with Crippen molar-refractivity contribution >= 4 is 5.91 Å². The molecule has 5 nitrogen and oxygen atoms in total. The number of nitrogens with one attached hydrogen (secondary N) is 2. The van der Waals surface area contributed by atoms with Crippen molar-refractivity contribution in [2.75, 3.05) is 52.9 Å². The second kappa shape index (κ2) is 7.62. The highest BCUT2D eigenvalue weighted by Crippen LogP contribution is 2.15. The van der Waals surface area contributed by atoms with E-state index < -0.39 is 0 Å². The third-order valence-electron chi connectivity index (χ3n) is 3.65. The first-order valence-corrected chi connectivity index (χ1v) is 6.97. The van der Waals surface area contributed by atoms with E-state index in [1.165, 1.54) is 0 Å². The summed E-state index contributed by atoms with van der Waals surface area (Å²) in [7, 11) is 2.15. The molecule has 1 heterocycles. The molecule has 0 aromatic heterocycles. The minimum absolute atomic E-state index is 0.00928. The van der Waals surface area contributed by atoms with E-state index in [2.05, 4.69) is 47.9 Å². The zero-order valence-corrected chi connectivity index (χ0v) is 12.5. The fourth-order valence-electron chi connectivity index (χ4n) is 2.19. The molecular formula is C14H28N4O. The Kier molecular flexibility index (Phi) is 6.48. The summed E-state index contributed by atoms with van der Waals surface area (Å²) >= 11 is 0. The predicted molar refractivity (Wildman–Crippen MR) is 79.2 cm³/mol. The maximum Gasteiger partial charge on any atom is 0.234 e. The molecule has 1 saturated heterocycles. The summed E-state index contributed by atoms with van der Waals surface area (Å²) in [6.07, 6.45) is 1.75. The fraction of sp³-hybridized carbons (Fsp3) is 0.786. The van der Waals surface area contributed by atoms with Gasteiger partial charge in [-0.3, -0.25) is 9.69 Å². The van der Waals surface area contributed by atoms with Crippen LogP contribution in [0, 0.1) is 0 Å². The summed E-state index contributed by atoms with van der Waals surface area (Å²) in [5.41, 5.74) is 0.00928. The summed E-state index contributed by atoms with van der Waals surface area (Å²) in [4.78, 5) is 16.5. The average molecular weight is 268 g/mol. The summed E-state index contributed by atoms with van der Waals surface area (Å²) < 4.78 is 0. The van der Waals surface area contributed by atoms with Gasteiger partial charge in [0.15, 0.2) is 0 Å². The van der Waals surface area contributed by atoms with Gasteiger partial charge >= 0.3 is 0 Å². The molecule has 110 valence electrons. The molecule has 0 spiro atoms. The Balaban J connectivity index is 2.29. The van der Waals surface area contributed by atoms with Gasteiger partial charge in [-0.25, -0.2) is 0 Å². The van der Waals surface area contributed by atoms with E-state index in [1.54, 1.807) is 6.08 Å². The Hall–Kier alpha value is -0.910. The number of likely N-dealkylation sites (N-methyl/N-ethyl adjacent to an activating group) is 1. The van der Waals surface area contributed by atoms with Crippen molar-refractivity contribution in [2.24, 2.45) is 0 Å². The van der Waals surface area contributed by atoms with Crippen LogP contribution in [0.15, 0.2) is 12.7 Å². The van der Waals surface area contributed by atoms with Gasteiger partial charge in [0.2, 0.25) is 5.91 Å². The normalized spacial score (nSPS) is 18.3. The Morgan fingerprint density at radius 1 is 1.32 bits per heavy atom. The van der Waals surface area contributed by atoms with Crippen LogP contribution in [0.25, 0.3) is 0 Å². The van der Waals surface area contributed by atoms with Crippen molar-refractivity contribution in [2.45, 2.75) is 19.4 Å². The number of piperazine rings is 1. The van der Waals surface area contributed by atoms with Crippen molar-refractivity contribution < 1.29 is 4.79 Å². The van der Waals surface area contributed by atoms with E-state index >= 15 is 0 Å². The maximum atomic E-state index is 11.7. The zero-order chi connectivity index (χ0) is 14.3. The van der Waals surface area contributed by atoms with Crippen LogP contribution in [0.3, 0.4) is 0 Å². The Morgan fingerprint density at radius 2 is 1.95 bits per heavy atom. The topological polar surface area (TPSA) is 47.6 Å². The molecule has 0 aromatic rings. The lowest BCUT2D eigenvalue weighted by Crippen LogP contribution is -2.58. The van der Waals surface area contributed by atoms with Gasteiger partial charge in [0.1, 0.15) is 0 Å². The van der Waals surface area contributed by atoms with E-state index in [0.717, 1.165) is 26.2 Å². The van der Waals surface area contributed by atoms with E-state index in [-0.39, 0.29) is 11.4 Å². The van der Waals surface area contributed by atoms with Crippen molar-refractivity contribution in [3.63, 3.8) is 0 Å². The highest BCUT2D eigenvalue weighted by molar-refractivity contribution is 5.78.